The van der Waals surface area contributed by atoms with Gasteiger partial charge in [0.05, 0.1) is 17.5 Å². The number of hydrogen-bond donors (Lipinski definition) is 0. The van der Waals surface area contributed by atoms with Crippen molar-refractivity contribution in [3.63, 3.8) is 0 Å². The lowest BCUT2D eigenvalue weighted by Gasteiger charge is -2.16. The first kappa shape index (κ1) is 18.4. The summed E-state index contributed by atoms with van der Waals surface area (Å²) in [6.07, 6.45) is 0.236. The number of amides is 1. The molecule has 0 bridgehead atoms. The molecule has 1 aliphatic rings. The van der Waals surface area contributed by atoms with E-state index >= 15 is 0 Å². The van der Waals surface area contributed by atoms with Crippen molar-refractivity contribution in [3.8, 4) is 17.1 Å². The molecule has 0 spiro atoms. The molecule has 2 heterocycles. The summed E-state index contributed by atoms with van der Waals surface area (Å²) in [7, 11) is 0. The minimum Gasteiger partial charge on any atom is -0.494 e. The third kappa shape index (κ3) is 3.57. The molecule has 0 aliphatic carbocycles. The van der Waals surface area contributed by atoms with Crippen LogP contribution in [0.25, 0.3) is 11.4 Å². The van der Waals surface area contributed by atoms with E-state index < -0.39 is 5.82 Å². The van der Waals surface area contributed by atoms with E-state index in [-0.39, 0.29) is 23.3 Å². The molecule has 1 fully saturated rings. The fourth-order valence-electron chi connectivity index (χ4n) is 3.16. The van der Waals surface area contributed by atoms with Crippen LogP contribution in [0.2, 0.25) is 5.02 Å². The predicted molar refractivity (Wildman–Crippen MR) is 102 cm³/mol. The number of benzene rings is 2. The molecule has 1 unspecified atom stereocenters. The molecule has 144 valence electrons. The van der Waals surface area contributed by atoms with Crippen LogP contribution < -0.4 is 9.64 Å². The molecule has 8 heteroatoms. The monoisotopic (exact) mass is 401 g/mol. The lowest BCUT2D eigenvalue weighted by Crippen LogP contribution is -2.24. The van der Waals surface area contributed by atoms with Crippen molar-refractivity contribution in [2.75, 3.05) is 18.1 Å². The molecule has 0 N–H and O–H groups in total. The number of rotatable bonds is 5. The van der Waals surface area contributed by atoms with Crippen LogP contribution in [0.4, 0.5) is 10.1 Å². The van der Waals surface area contributed by atoms with Crippen molar-refractivity contribution in [3.05, 3.63) is 59.2 Å². The number of anilines is 1. The van der Waals surface area contributed by atoms with Gasteiger partial charge in [-0.3, -0.25) is 4.79 Å². The van der Waals surface area contributed by atoms with Crippen LogP contribution in [0.3, 0.4) is 0 Å². The molecule has 3 aromatic rings. The van der Waals surface area contributed by atoms with Crippen molar-refractivity contribution in [2.45, 2.75) is 19.3 Å². The van der Waals surface area contributed by atoms with Crippen LogP contribution >= 0.6 is 11.6 Å². The summed E-state index contributed by atoms with van der Waals surface area (Å²) in [5.74, 6) is 0.756. The highest BCUT2D eigenvalue weighted by Crippen LogP contribution is 2.33. The maximum atomic E-state index is 13.4. The van der Waals surface area contributed by atoms with E-state index in [2.05, 4.69) is 10.1 Å². The summed E-state index contributed by atoms with van der Waals surface area (Å²) >= 11 is 5.83. The standard InChI is InChI=1S/C20H17ClFN3O3/c1-2-27-15-6-3-12(4-7-15)19-23-20(28-24-19)13-9-18(26)25(11-13)14-5-8-17(22)16(21)10-14/h3-8,10,13H,2,9,11H2,1H3. The molecule has 1 amide bonds. The van der Waals surface area contributed by atoms with Gasteiger partial charge in [0.1, 0.15) is 11.6 Å². The Morgan fingerprint density at radius 2 is 2.07 bits per heavy atom. The van der Waals surface area contributed by atoms with Crippen molar-refractivity contribution < 1.29 is 18.4 Å². The van der Waals surface area contributed by atoms with E-state index in [1.807, 2.05) is 31.2 Å². The van der Waals surface area contributed by atoms with Crippen LogP contribution in [0.1, 0.15) is 25.2 Å². The number of ether oxygens (including phenoxy) is 1. The lowest BCUT2D eigenvalue weighted by atomic mass is 10.1. The number of carbonyl (C=O) groups excluding carboxylic acids is 1. The number of carbonyl (C=O) groups is 1. The van der Waals surface area contributed by atoms with Crippen molar-refractivity contribution in [2.24, 2.45) is 0 Å². The van der Waals surface area contributed by atoms with Crippen LogP contribution in [0.5, 0.6) is 5.75 Å². The number of nitrogens with zero attached hydrogens (tertiary/aromatic N) is 3. The maximum Gasteiger partial charge on any atom is 0.232 e. The fraction of sp³-hybridized carbons (Fsp3) is 0.250. The van der Waals surface area contributed by atoms with Crippen LogP contribution in [0.15, 0.2) is 47.0 Å². The highest BCUT2D eigenvalue weighted by Gasteiger charge is 2.35. The van der Waals surface area contributed by atoms with Gasteiger partial charge < -0.3 is 14.2 Å². The summed E-state index contributed by atoms with van der Waals surface area (Å²) in [6, 6.07) is 11.6. The molecule has 2 aromatic carbocycles. The second-order valence-corrected chi connectivity index (χ2v) is 6.82. The predicted octanol–water partition coefficient (Wildman–Crippen LogP) is 4.45. The Balaban J connectivity index is 1.51. The van der Waals surface area contributed by atoms with Gasteiger partial charge in [0.15, 0.2) is 0 Å². The van der Waals surface area contributed by atoms with E-state index in [0.29, 0.717) is 30.6 Å². The third-order valence-corrected chi connectivity index (χ3v) is 4.84. The van der Waals surface area contributed by atoms with E-state index in [4.69, 9.17) is 20.9 Å². The van der Waals surface area contributed by atoms with Gasteiger partial charge in [-0.25, -0.2) is 4.39 Å². The summed E-state index contributed by atoms with van der Waals surface area (Å²) in [5, 5.41) is 4.00. The molecule has 0 saturated carbocycles. The Morgan fingerprint density at radius 1 is 1.29 bits per heavy atom. The summed E-state index contributed by atoms with van der Waals surface area (Å²) in [4.78, 5) is 18.4. The van der Waals surface area contributed by atoms with E-state index in [1.165, 1.54) is 18.2 Å². The minimum absolute atomic E-state index is 0.0238. The topological polar surface area (TPSA) is 68.5 Å². The van der Waals surface area contributed by atoms with Gasteiger partial charge in [-0.15, -0.1) is 0 Å². The van der Waals surface area contributed by atoms with E-state index in [1.54, 1.807) is 4.90 Å². The molecular weight excluding hydrogens is 385 g/mol. The number of halogens is 2. The molecule has 1 atom stereocenters. The van der Waals surface area contributed by atoms with Crippen molar-refractivity contribution in [1.29, 1.82) is 0 Å². The second-order valence-electron chi connectivity index (χ2n) is 6.42. The first-order valence-corrected chi connectivity index (χ1v) is 9.25. The van der Waals surface area contributed by atoms with E-state index in [9.17, 15) is 9.18 Å². The largest absolute Gasteiger partial charge is 0.494 e. The van der Waals surface area contributed by atoms with Gasteiger partial charge >= 0.3 is 0 Å². The first-order valence-electron chi connectivity index (χ1n) is 8.87. The number of hydrogen-bond acceptors (Lipinski definition) is 5. The minimum atomic E-state index is -0.523. The Bertz CT molecular complexity index is 1010. The van der Waals surface area contributed by atoms with Crippen LogP contribution in [0, 0.1) is 5.82 Å². The van der Waals surface area contributed by atoms with Gasteiger partial charge in [0.25, 0.3) is 0 Å². The smallest absolute Gasteiger partial charge is 0.232 e. The molecule has 0 radical (unpaired) electrons. The van der Waals surface area contributed by atoms with E-state index in [0.717, 1.165) is 11.3 Å². The quantitative estimate of drug-likeness (QED) is 0.631. The zero-order valence-electron chi connectivity index (χ0n) is 15.1. The third-order valence-electron chi connectivity index (χ3n) is 4.55. The Kier molecular flexibility index (Phi) is 5.00. The highest BCUT2D eigenvalue weighted by atomic mass is 35.5. The van der Waals surface area contributed by atoms with Gasteiger partial charge in [0.2, 0.25) is 17.6 Å². The van der Waals surface area contributed by atoms with Gasteiger partial charge in [-0.2, -0.15) is 4.98 Å². The molecule has 6 nitrogen and oxygen atoms in total. The summed E-state index contributed by atoms with van der Waals surface area (Å²) in [5.41, 5.74) is 1.34. The molecule has 1 aliphatic heterocycles. The highest BCUT2D eigenvalue weighted by molar-refractivity contribution is 6.31. The molecular formula is C20H17ClFN3O3. The maximum absolute atomic E-state index is 13.4. The molecule has 1 aromatic heterocycles. The van der Waals surface area contributed by atoms with Crippen molar-refractivity contribution in [1.82, 2.24) is 10.1 Å². The molecule has 28 heavy (non-hydrogen) atoms. The fourth-order valence-corrected chi connectivity index (χ4v) is 3.34. The normalized spacial score (nSPS) is 16.6. The first-order chi connectivity index (χ1) is 13.5. The molecule has 4 rings (SSSR count). The number of aromatic nitrogens is 2. The summed E-state index contributed by atoms with van der Waals surface area (Å²) in [6.45, 7) is 2.88. The Hall–Kier alpha value is -2.93. The average Bonchev–Trinajstić information content (AvgIpc) is 3.32. The Morgan fingerprint density at radius 3 is 2.79 bits per heavy atom. The second kappa shape index (κ2) is 7.59. The zero-order valence-corrected chi connectivity index (χ0v) is 15.8. The van der Waals surface area contributed by atoms with Crippen LogP contribution in [-0.2, 0) is 4.79 Å². The van der Waals surface area contributed by atoms with Gasteiger partial charge in [-0.1, -0.05) is 16.8 Å². The SMILES string of the molecule is CCOc1ccc(-c2noc(C3CC(=O)N(c4ccc(F)c(Cl)c4)C3)n2)cc1. The summed E-state index contributed by atoms with van der Waals surface area (Å²) < 4.78 is 24.2. The molecule has 1 saturated heterocycles. The zero-order chi connectivity index (χ0) is 19.7. The van der Waals surface area contributed by atoms with Crippen LogP contribution in [-0.4, -0.2) is 29.2 Å². The lowest BCUT2D eigenvalue weighted by molar-refractivity contribution is -0.117. The van der Waals surface area contributed by atoms with Crippen molar-refractivity contribution >= 4 is 23.2 Å². The van der Waals surface area contributed by atoms with Gasteiger partial charge in [-0.05, 0) is 49.4 Å². The Labute approximate surface area is 165 Å². The van der Waals surface area contributed by atoms with Gasteiger partial charge in [0, 0.05) is 24.2 Å². The average molecular weight is 402 g/mol.